The van der Waals surface area contributed by atoms with Gasteiger partial charge in [-0.3, -0.25) is 14.4 Å². The monoisotopic (exact) mass is 345 g/mol. The Morgan fingerprint density at radius 2 is 1.79 bits per heavy atom. The summed E-state index contributed by atoms with van der Waals surface area (Å²) in [6, 6.07) is 11.0. The number of thiophene rings is 1. The molecule has 1 amide bonds. The molecule has 0 unspecified atom stereocenters. The van der Waals surface area contributed by atoms with E-state index < -0.39 is 11.9 Å². The number of hydrogen-bond acceptors (Lipinski definition) is 5. The van der Waals surface area contributed by atoms with Gasteiger partial charge in [0.15, 0.2) is 12.4 Å². The predicted molar refractivity (Wildman–Crippen MR) is 93.4 cm³/mol. The van der Waals surface area contributed by atoms with Gasteiger partial charge in [0.1, 0.15) is 0 Å². The molecule has 2 aromatic rings. The maximum atomic E-state index is 11.9. The van der Waals surface area contributed by atoms with E-state index in [2.05, 4.69) is 5.32 Å². The third-order valence-electron chi connectivity index (χ3n) is 3.35. The number of anilines is 1. The summed E-state index contributed by atoms with van der Waals surface area (Å²) in [7, 11) is 0. The Kier molecular flexibility index (Phi) is 6.26. The molecule has 0 saturated carbocycles. The van der Waals surface area contributed by atoms with Crippen LogP contribution in [0.3, 0.4) is 0 Å². The first-order chi connectivity index (χ1) is 11.5. The van der Waals surface area contributed by atoms with Crippen molar-refractivity contribution in [2.75, 3.05) is 11.9 Å². The zero-order valence-electron chi connectivity index (χ0n) is 13.6. The van der Waals surface area contributed by atoms with Crippen LogP contribution >= 0.6 is 11.3 Å². The summed E-state index contributed by atoms with van der Waals surface area (Å²) in [6.07, 6.45) is 0.0472. The molecule has 126 valence electrons. The standard InChI is InChI=1S/C18H19NO4S/c1-12-5-3-4-6-14(12)19-17(21)11-23-18(22)10-8-15(20)16-9-7-13(2)24-16/h3-7,9H,8,10-11H2,1-2H3,(H,19,21). The maximum absolute atomic E-state index is 11.9. The van der Waals surface area contributed by atoms with Crippen LogP contribution in [0.15, 0.2) is 36.4 Å². The number of hydrogen-bond donors (Lipinski definition) is 1. The second-order valence-corrected chi connectivity index (χ2v) is 6.65. The molecule has 0 aliphatic heterocycles. The van der Waals surface area contributed by atoms with Gasteiger partial charge < -0.3 is 10.1 Å². The number of nitrogens with one attached hydrogen (secondary N) is 1. The number of rotatable bonds is 7. The number of carbonyl (C=O) groups is 3. The van der Waals surface area contributed by atoms with Gasteiger partial charge in [-0.15, -0.1) is 11.3 Å². The highest BCUT2D eigenvalue weighted by atomic mass is 32.1. The lowest BCUT2D eigenvalue weighted by molar-refractivity contribution is -0.147. The average molecular weight is 345 g/mol. The van der Waals surface area contributed by atoms with E-state index in [4.69, 9.17) is 4.74 Å². The first kappa shape index (κ1) is 17.9. The molecule has 5 nitrogen and oxygen atoms in total. The van der Waals surface area contributed by atoms with E-state index in [-0.39, 0.29) is 25.2 Å². The van der Waals surface area contributed by atoms with Gasteiger partial charge in [-0.2, -0.15) is 0 Å². The van der Waals surface area contributed by atoms with Crippen molar-refractivity contribution in [1.29, 1.82) is 0 Å². The van der Waals surface area contributed by atoms with E-state index in [1.54, 1.807) is 12.1 Å². The normalized spacial score (nSPS) is 10.2. The Morgan fingerprint density at radius 3 is 2.46 bits per heavy atom. The Bertz CT molecular complexity index is 751. The molecule has 6 heteroatoms. The second kappa shape index (κ2) is 8.40. The number of esters is 1. The zero-order valence-corrected chi connectivity index (χ0v) is 14.4. The smallest absolute Gasteiger partial charge is 0.306 e. The van der Waals surface area contributed by atoms with Crippen LogP contribution in [-0.4, -0.2) is 24.3 Å². The van der Waals surface area contributed by atoms with Crippen molar-refractivity contribution in [2.24, 2.45) is 0 Å². The van der Waals surface area contributed by atoms with Gasteiger partial charge in [-0.1, -0.05) is 18.2 Å². The van der Waals surface area contributed by atoms with Crippen LogP contribution < -0.4 is 5.32 Å². The summed E-state index contributed by atoms with van der Waals surface area (Å²) < 4.78 is 4.91. The molecule has 0 radical (unpaired) electrons. The number of carbonyl (C=O) groups excluding carboxylic acids is 3. The number of ketones is 1. The lowest BCUT2D eigenvalue weighted by atomic mass is 10.2. The van der Waals surface area contributed by atoms with Gasteiger partial charge in [0.25, 0.3) is 5.91 Å². The van der Waals surface area contributed by atoms with Crippen molar-refractivity contribution < 1.29 is 19.1 Å². The van der Waals surface area contributed by atoms with E-state index in [1.165, 1.54) is 11.3 Å². The van der Waals surface area contributed by atoms with Crippen LogP contribution in [0.1, 0.15) is 33.0 Å². The van der Waals surface area contributed by atoms with Crippen LogP contribution in [0.5, 0.6) is 0 Å². The number of amides is 1. The molecule has 2 rings (SSSR count). The van der Waals surface area contributed by atoms with Gasteiger partial charge >= 0.3 is 5.97 Å². The van der Waals surface area contributed by atoms with Crippen LogP contribution in [0.2, 0.25) is 0 Å². The SMILES string of the molecule is Cc1ccc(C(=O)CCC(=O)OCC(=O)Nc2ccccc2C)s1. The minimum absolute atomic E-state index is 0.0343. The van der Waals surface area contributed by atoms with Gasteiger partial charge in [0, 0.05) is 17.0 Å². The van der Waals surface area contributed by atoms with Crippen LogP contribution in [0.4, 0.5) is 5.69 Å². The Balaban J connectivity index is 1.72. The largest absolute Gasteiger partial charge is 0.456 e. The fourth-order valence-electron chi connectivity index (χ4n) is 2.04. The first-order valence-corrected chi connectivity index (χ1v) is 8.38. The van der Waals surface area contributed by atoms with Crippen molar-refractivity contribution in [3.05, 3.63) is 51.7 Å². The Morgan fingerprint density at radius 1 is 1.04 bits per heavy atom. The quantitative estimate of drug-likeness (QED) is 0.616. The summed E-state index contributed by atoms with van der Waals surface area (Å²) in [6.45, 7) is 3.43. The molecule has 0 atom stereocenters. The molecule has 1 aromatic heterocycles. The molecular weight excluding hydrogens is 326 g/mol. The van der Waals surface area contributed by atoms with Crippen LogP contribution in [0, 0.1) is 13.8 Å². The van der Waals surface area contributed by atoms with Crippen molar-refractivity contribution in [3.63, 3.8) is 0 Å². The highest BCUT2D eigenvalue weighted by Crippen LogP contribution is 2.17. The Hall–Kier alpha value is -2.47. The molecule has 1 heterocycles. The molecule has 0 bridgehead atoms. The molecule has 0 fully saturated rings. The Labute approximate surface area is 144 Å². The number of Topliss-reactive ketones (excluding diaryl/α,β-unsaturated/α-hetero) is 1. The van der Waals surface area contributed by atoms with Gasteiger partial charge in [0.2, 0.25) is 0 Å². The fourth-order valence-corrected chi connectivity index (χ4v) is 2.88. The molecule has 0 spiro atoms. The molecule has 24 heavy (non-hydrogen) atoms. The summed E-state index contributed by atoms with van der Waals surface area (Å²) in [5.74, 6) is -1.05. The molecule has 1 N–H and O–H groups in total. The fraction of sp³-hybridized carbons (Fsp3) is 0.278. The van der Waals surface area contributed by atoms with Crippen LogP contribution in [0.25, 0.3) is 0 Å². The van der Waals surface area contributed by atoms with Crippen molar-refractivity contribution in [2.45, 2.75) is 26.7 Å². The lowest BCUT2D eigenvalue weighted by Crippen LogP contribution is -2.21. The zero-order chi connectivity index (χ0) is 17.5. The van der Waals surface area contributed by atoms with Gasteiger partial charge in [0.05, 0.1) is 11.3 Å². The topological polar surface area (TPSA) is 72.5 Å². The molecule has 0 saturated heterocycles. The highest BCUT2D eigenvalue weighted by Gasteiger charge is 2.13. The maximum Gasteiger partial charge on any atom is 0.306 e. The summed E-state index contributed by atoms with van der Waals surface area (Å²) in [4.78, 5) is 37.0. The summed E-state index contributed by atoms with van der Waals surface area (Å²) >= 11 is 1.40. The van der Waals surface area contributed by atoms with Crippen molar-refractivity contribution in [3.8, 4) is 0 Å². The number of benzene rings is 1. The molecule has 0 aliphatic carbocycles. The second-order valence-electron chi connectivity index (χ2n) is 5.36. The van der Waals surface area contributed by atoms with Gasteiger partial charge in [-0.25, -0.2) is 0 Å². The number of para-hydroxylation sites is 1. The lowest BCUT2D eigenvalue weighted by Gasteiger charge is -2.08. The third kappa shape index (κ3) is 5.31. The van der Waals surface area contributed by atoms with Crippen LogP contribution in [-0.2, 0) is 14.3 Å². The van der Waals surface area contributed by atoms with E-state index in [9.17, 15) is 14.4 Å². The van der Waals surface area contributed by atoms with Crippen molar-refractivity contribution >= 4 is 34.7 Å². The minimum atomic E-state index is -0.559. The van der Waals surface area contributed by atoms with E-state index in [0.29, 0.717) is 10.6 Å². The number of ether oxygens (including phenoxy) is 1. The molecular formula is C18H19NO4S. The third-order valence-corrected chi connectivity index (χ3v) is 4.40. The summed E-state index contributed by atoms with van der Waals surface area (Å²) in [5.41, 5.74) is 1.61. The predicted octanol–water partition coefficient (Wildman–Crippen LogP) is 3.51. The van der Waals surface area contributed by atoms with Gasteiger partial charge in [-0.05, 0) is 37.6 Å². The highest BCUT2D eigenvalue weighted by molar-refractivity contribution is 7.14. The summed E-state index contributed by atoms with van der Waals surface area (Å²) in [5, 5.41) is 2.68. The molecule has 0 aliphatic rings. The van der Waals surface area contributed by atoms with Crippen molar-refractivity contribution in [1.82, 2.24) is 0 Å². The van der Waals surface area contributed by atoms with E-state index in [1.807, 2.05) is 38.1 Å². The van der Waals surface area contributed by atoms with E-state index in [0.717, 1.165) is 10.4 Å². The molecule has 1 aromatic carbocycles. The average Bonchev–Trinajstić information content (AvgIpc) is 2.99. The first-order valence-electron chi connectivity index (χ1n) is 7.56. The number of aryl methyl sites for hydroxylation is 2. The van der Waals surface area contributed by atoms with E-state index >= 15 is 0 Å². The minimum Gasteiger partial charge on any atom is -0.456 e.